The summed E-state index contributed by atoms with van der Waals surface area (Å²) in [7, 11) is 0. The number of benzene rings is 4. The van der Waals surface area contributed by atoms with Crippen molar-refractivity contribution in [1.82, 2.24) is 5.32 Å². The fourth-order valence-electron chi connectivity index (χ4n) is 3.43. The molecular formula is C28H22ClFN2OS. The summed E-state index contributed by atoms with van der Waals surface area (Å²) in [5, 5.41) is 3.54. The minimum atomic E-state index is -0.305. The van der Waals surface area contributed by atoms with Crippen molar-refractivity contribution >= 4 is 40.7 Å². The maximum absolute atomic E-state index is 13.1. The van der Waals surface area contributed by atoms with E-state index in [9.17, 15) is 9.18 Å². The highest BCUT2D eigenvalue weighted by Gasteiger charge is 2.13. The summed E-state index contributed by atoms with van der Waals surface area (Å²) in [5.41, 5.74) is 4.70. The van der Waals surface area contributed by atoms with Gasteiger partial charge in [0.05, 0.1) is 11.4 Å². The molecule has 0 unspecified atom stereocenters. The fraction of sp³-hybridized carbons (Fsp3) is 0.0714. The summed E-state index contributed by atoms with van der Waals surface area (Å²) in [6, 6.07) is 29.0. The second-order valence-corrected chi connectivity index (χ2v) is 8.81. The van der Waals surface area contributed by atoms with Crippen LogP contribution in [0.25, 0.3) is 0 Å². The van der Waals surface area contributed by atoms with Crippen LogP contribution in [0.1, 0.15) is 27.0 Å². The monoisotopic (exact) mass is 488 g/mol. The maximum atomic E-state index is 13.1. The van der Waals surface area contributed by atoms with E-state index in [1.165, 1.54) is 12.1 Å². The molecule has 4 rings (SSSR count). The zero-order valence-electron chi connectivity index (χ0n) is 18.5. The summed E-state index contributed by atoms with van der Waals surface area (Å²) in [5.74, 6) is -0.527. The molecule has 4 aromatic carbocycles. The SMILES string of the molecule is CSc1ccc(C(=O)NCc2ccc(F)cc2)cc1N=C(c1ccccc1)c1ccc(Cl)cc1. The highest BCUT2D eigenvalue weighted by molar-refractivity contribution is 7.98. The van der Waals surface area contributed by atoms with Gasteiger partial charge >= 0.3 is 0 Å². The average molecular weight is 489 g/mol. The molecule has 0 atom stereocenters. The van der Waals surface area contributed by atoms with Gasteiger partial charge in [-0.05, 0) is 54.3 Å². The Balaban J connectivity index is 1.68. The second-order valence-electron chi connectivity index (χ2n) is 7.53. The van der Waals surface area contributed by atoms with Crippen molar-refractivity contribution in [2.45, 2.75) is 11.4 Å². The topological polar surface area (TPSA) is 41.5 Å². The first-order valence-electron chi connectivity index (χ1n) is 10.6. The van der Waals surface area contributed by atoms with Gasteiger partial charge < -0.3 is 5.32 Å². The van der Waals surface area contributed by atoms with Crippen molar-refractivity contribution in [1.29, 1.82) is 0 Å². The standard InChI is InChI=1S/C28H22ClFN2OS/c1-34-26-16-11-22(28(33)31-18-19-7-14-24(30)15-8-19)17-25(26)32-27(20-5-3-2-4-6-20)21-9-12-23(29)13-10-21/h2-17H,18H2,1H3,(H,31,33). The van der Waals surface area contributed by atoms with E-state index in [0.717, 1.165) is 27.3 Å². The van der Waals surface area contributed by atoms with Crippen molar-refractivity contribution in [3.05, 3.63) is 130 Å². The summed E-state index contributed by atoms with van der Waals surface area (Å²) in [6.45, 7) is 0.308. The molecule has 170 valence electrons. The molecule has 1 N–H and O–H groups in total. The molecule has 0 aliphatic rings. The van der Waals surface area contributed by atoms with E-state index < -0.39 is 0 Å². The van der Waals surface area contributed by atoms with Crippen LogP contribution in [0.2, 0.25) is 5.02 Å². The molecule has 1 amide bonds. The third-order valence-corrected chi connectivity index (χ3v) is 6.24. The zero-order chi connectivity index (χ0) is 23.9. The van der Waals surface area contributed by atoms with Crippen molar-refractivity contribution in [2.24, 2.45) is 4.99 Å². The van der Waals surface area contributed by atoms with Crippen LogP contribution in [0.3, 0.4) is 0 Å². The van der Waals surface area contributed by atoms with Crippen molar-refractivity contribution in [2.75, 3.05) is 6.26 Å². The first-order chi connectivity index (χ1) is 16.5. The number of rotatable bonds is 7. The number of aliphatic imine (C=N–C) groups is 1. The number of thioether (sulfide) groups is 1. The predicted octanol–water partition coefficient (Wildman–Crippen LogP) is 7.30. The molecule has 0 aliphatic carbocycles. The Bertz CT molecular complexity index is 1310. The minimum absolute atomic E-state index is 0.221. The third kappa shape index (κ3) is 5.93. The maximum Gasteiger partial charge on any atom is 0.251 e. The van der Waals surface area contributed by atoms with Gasteiger partial charge in [0.1, 0.15) is 5.82 Å². The van der Waals surface area contributed by atoms with E-state index in [0.29, 0.717) is 22.8 Å². The van der Waals surface area contributed by atoms with Gasteiger partial charge in [0.2, 0.25) is 0 Å². The molecule has 6 heteroatoms. The van der Waals surface area contributed by atoms with E-state index in [2.05, 4.69) is 5.32 Å². The number of carbonyl (C=O) groups excluding carboxylic acids is 1. The van der Waals surface area contributed by atoms with Crippen LogP contribution in [-0.4, -0.2) is 17.9 Å². The van der Waals surface area contributed by atoms with Crippen LogP contribution in [0.15, 0.2) is 107 Å². The molecule has 4 aromatic rings. The average Bonchev–Trinajstić information content (AvgIpc) is 2.88. The van der Waals surface area contributed by atoms with Crippen molar-refractivity contribution in [3.8, 4) is 0 Å². The van der Waals surface area contributed by atoms with E-state index in [4.69, 9.17) is 16.6 Å². The number of nitrogens with zero attached hydrogens (tertiary/aromatic N) is 1. The van der Waals surface area contributed by atoms with Gasteiger partial charge in [-0.1, -0.05) is 66.2 Å². The molecule has 3 nitrogen and oxygen atoms in total. The molecule has 0 aromatic heterocycles. The van der Waals surface area contributed by atoms with E-state index >= 15 is 0 Å². The summed E-state index contributed by atoms with van der Waals surface area (Å²) in [6.07, 6.45) is 1.98. The number of amides is 1. The van der Waals surface area contributed by atoms with E-state index in [-0.39, 0.29) is 11.7 Å². The number of hydrogen-bond acceptors (Lipinski definition) is 3. The quantitative estimate of drug-likeness (QED) is 0.219. The van der Waals surface area contributed by atoms with Gasteiger partial charge in [0, 0.05) is 33.2 Å². The lowest BCUT2D eigenvalue weighted by Gasteiger charge is -2.12. The summed E-state index contributed by atoms with van der Waals surface area (Å²) < 4.78 is 13.1. The molecule has 0 heterocycles. The first-order valence-corrected chi connectivity index (χ1v) is 12.2. The van der Waals surface area contributed by atoms with Gasteiger partial charge in [0.25, 0.3) is 5.91 Å². The molecular weight excluding hydrogens is 467 g/mol. The zero-order valence-corrected chi connectivity index (χ0v) is 20.0. The van der Waals surface area contributed by atoms with Crippen LogP contribution in [0, 0.1) is 5.82 Å². The van der Waals surface area contributed by atoms with Gasteiger partial charge in [-0.15, -0.1) is 11.8 Å². The Morgan fingerprint density at radius 3 is 2.21 bits per heavy atom. The van der Waals surface area contributed by atoms with Crippen LogP contribution in [-0.2, 0) is 6.54 Å². The Morgan fingerprint density at radius 1 is 0.882 bits per heavy atom. The Hall–Kier alpha value is -3.41. The first kappa shape index (κ1) is 23.7. The summed E-state index contributed by atoms with van der Waals surface area (Å²) in [4.78, 5) is 18.8. The van der Waals surface area contributed by atoms with Crippen LogP contribution in [0.4, 0.5) is 10.1 Å². The van der Waals surface area contributed by atoms with Crippen LogP contribution >= 0.6 is 23.4 Å². The molecule has 0 radical (unpaired) electrons. The molecule has 0 saturated heterocycles. The minimum Gasteiger partial charge on any atom is -0.348 e. The number of carbonyl (C=O) groups is 1. The number of nitrogens with one attached hydrogen (secondary N) is 1. The Morgan fingerprint density at radius 2 is 1.53 bits per heavy atom. The highest BCUT2D eigenvalue weighted by atomic mass is 35.5. The lowest BCUT2D eigenvalue weighted by Crippen LogP contribution is -2.22. The molecule has 0 saturated carbocycles. The van der Waals surface area contributed by atoms with Crippen molar-refractivity contribution in [3.63, 3.8) is 0 Å². The largest absolute Gasteiger partial charge is 0.348 e. The number of halogens is 2. The highest BCUT2D eigenvalue weighted by Crippen LogP contribution is 2.31. The van der Waals surface area contributed by atoms with Crippen molar-refractivity contribution < 1.29 is 9.18 Å². The molecule has 0 bridgehead atoms. The van der Waals surface area contributed by atoms with Gasteiger partial charge in [-0.2, -0.15) is 0 Å². The fourth-order valence-corrected chi connectivity index (χ4v) is 4.07. The lowest BCUT2D eigenvalue weighted by molar-refractivity contribution is 0.0951. The molecule has 0 fully saturated rings. The predicted molar refractivity (Wildman–Crippen MR) is 139 cm³/mol. The van der Waals surface area contributed by atoms with Gasteiger partial charge in [-0.3, -0.25) is 4.79 Å². The third-order valence-electron chi connectivity index (χ3n) is 5.20. The van der Waals surface area contributed by atoms with Crippen LogP contribution < -0.4 is 5.32 Å². The second kappa shape index (κ2) is 11.1. The molecule has 0 aliphatic heterocycles. The lowest BCUT2D eigenvalue weighted by atomic mass is 10.0. The van der Waals surface area contributed by atoms with E-state index in [1.54, 1.807) is 36.0 Å². The van der Waals surface area contributed by atoms with E-state index in [1.807, 2.05) is 66.9 Å². The molecule has 34 heavy (non-hydrogen) atoms. The molecule has 0 spiro atoms. The Kier molecular flexibility index (Phi) is 7.78. The normalized spacial score (nSPS) is 11.3. The Labute approximate surface area is 207 Å². The number of hydrogen-bond donors (Lipinski definition) is 1. The summed E-state index contributed by atoms with van der Waals surface area (Å²) >= 11 is 7.67. The van der Waals surface area contributed by atoms with Gasteiger partial charge in [-0.25, -0.2) is 9.38 Å². The smallest absolute Gasteiger partial charge is 0.251 e. The van der Waals surface area contributed by atoms with Gasteiger partial charge in [0.15, 0.2) is 0 Å². The van der Waals surface area contributed by atoms with Crippen LogP contribution in [0.5, 0.6) is 0 Å².